The number of carboxylic acids is 1. The van der Waals surface area contributed by atoms with Crippen molar-refractivity contribution in [2.45, 2.75) is 13.8 Å². The first kappa shape index (κ1) is 11.3. The molecule has 0 aliphatic carbocycles. The lowest BCUT2D eigenvalue weighted by Crippen LogP contribution is -1.94. The number of aromatic nitrogens is 1. The molecule has 1 N–H and O–H groups in total. The lowest BCUT2D eigenvalue weighted by atomic mass is 10.3. The van der Waals surface area contributed by atoms with E-state index in [-0.39, 0.29) is 11.3 Å². The fourth-order valence-corrected chi connectivity index (χ4v) is 0.489. The molecule has 0 atom stereocenters. The number of ketones is 1. The van der Waals surface area contributed by atoms with Crippen LogP contribution in [0.15, 0.2) is 24.5 Å². The first-order valence-electron chi connectivity index (χ1n) is 3.64. The second kappa shape index (κ2) is 5.88. The molecule has 0 bridgehead atoms. The van der Waals surface area contributed by atoms with Gasteiger partial charge in [-0.2, -0.15) is 0 Å². The molecule has 0 unspecified atom stereocenters. The predicted octanol–water partition coefficient (Wildman–Crippen LogP) is 1.38. The van der Waals surface area contributed by atoms with E-state index in [2.05, 4.69) is 4.98 Å². The Balaban J connectivity index is 0.000000310. The Labute approximate surface area is 76.2 Å². The molecule has 1 heterocycles. The molecule has 4 nitrogen and oxygen atoms in total. The third-order valence-corrected chi connectivity index (χ3v) is 0.908. The van der Waals surface area contributed by atoms with Gasteiger partial charge in [-0.3, -0.25) is 4.98 Å². The van der Waals surface area contributed by atoms with Gasteiger partial charge in [0.2, 0.25) is 0 Å². The summed E-state index contributed by atoms with van der Waals surface area (Å²) in [5.41, 5.74) is 0.220. The zero-order chi connectivity index (χ0) is 10.3. The summed E-state index contributed by atoms with van der Waals surface area (Å²) < 4.78 is 0. The van der Waals surface area contributed by atoms with E-state index < -0.39 is 5.97 Å². The zero-order valence-electron chi connectivity index (χ0n) is 7.52. The minimum atomic E-state index is -0.942. The quantitative estimate of drug-likeness (QED) is 0.710. The Hall–Kier alpha value is -1.71. The third kappa shape index (κ3) is 6.68. The molecule has 1 aromatic heterocycles. The highest BCUT2D eigenvalue weighted by molar-refractivity contribution is 5.86. The fraction of sp³-hybridized carbons (Fsp3) is 0.222. The number of nitrogens with zero attached hydrogens (tertiary/aromatic N) is 1. The Morgan fingerprint density at radius 2 is 1.92 bits per heavy atom. The van der Waals surface area contributed by atoms with Gasteiger partial charge in [0.1, 0.15) is 5.78 Å². The zero-order valence-corrected chi connectivity index (χ0v) is 7.52. The lowest BCUT2D eigenvalue weighted by molar-refractivity contribution is -0.114. The molecule has 0 aromatic carbocycles. The van der Waals surface area contributed by atoms with Gasteiger partial charge in [0, 0.05) is 12.4 Å². The SMILES string of the molecule is CC(C)=O.O=C(O)c1cccnc1. The first-order valence-corrected chi connectivity index (χ1v) is 3.64. The average Bonchev–Trinajstić information content (AvgIpc) is 2.05. The van der Waals surface area contributed by atoms with E-state index in [4.69, 9.17) is 5.11 Å². The summed E-state index contributed by atoms with van der Waals surface area (Å²) in [5.74, 6) is -0.775. The second-order valence-corrected chi connectivity index (χ2v) is 2.46. The van der Waals surface area contributed by atoms with Gasteiger partial charge in [0.25, 0.3) is 0 Å². The van der Waals surface area contributed by atoms with Crippen molar-refractivity contribution in [2.75, 3.05) is 0 Å². The number of carbonyl (C=O) groups excluding carboxylic acids is 1. The van der Waals surface area contributed by atoms with Crippen LogP contribution >= 0.6 is 0 Å². The van der Waals surface area contributed by atoms with Crippen LogP contribution in [-0.4, -0.2) is 21.8 Å². The molecule has 0 fully saturated rings. The molecule has 13 heavy (non-hydrogen) atoms. The number of aromatic carboxylic acids is 1. The molecule has 70 valence electrons. The van der Waals surface area contributed by atoms with Crippen LogP contribution in [0.25, 0.3) is 0 Å². The highest BCUT2D eigenvalue weighted by Gasteiger charge is 1.97. The van der Waals surface area contributed by atoms with Crippen molar-refractivity contribution in [2.24, 2.45) is 0 Å². The maximum absolute atomic E-state index is 10.2. The number of carbonyl (C=O) groups is 2. The van der Waals surface area contributed by atoms with Crippen molar-refractivity contribution in [1.29, 1.82) is 0 Å². The Kier molecular flexibility index (Phi) is 5.11. The highest BCUT2D eigenvalue weighted by atomic mass is 16.4. The molecule has 0 spiro atoms. The maximum Gasteiger partial charge on any atom is 0.337 e. The second-order valence-electron chi connectivity index (χ2n) is 2.46. The largest absolute Gasteiger partial charge is 0.478 e. The number of hydrogen-bond donors (Lipinski definition) is 1. The van der Waals surface area contributed by atoms with Gasteiger partial charge in [0.15, 0.2) is 0 Å². The van der Waals surface area contributed by atoms with Crippen molar-refractivity contribution in [3.63, 3.8) is 0 Å². The lowest BCUT2D eigenvalue weighted by Gasteiger charge is -1.87. The molecule has 1 rings (SSSR count). The van der Waals surface area contributed by atoms with Crippen molar-refractivity contribution >= 4 is 11.8 Å². The van der Waals surface area contributed by atoms with E-state index >= 15 is 0 Å². The van der Waals surface area contributed by atoms with E-state index in [0.29, 0.717) is 0 Å². The van der Waals surface area contributed by atoms with E-state index in [1.54, 1.807) is 6.07 Å². The van der Waals surface area contributed by atoms with Gasteiger partial charge in [0.05, 0.1) is 5.56 Å². The summed E-state index contributed by atoms with van der Waals surface area (Å²) in [5, 5.41) is 8.34. The van der Waals surface area contributed by atoms with Gasteiger partial charge in [-0.05, 0) is 26.0 Å². The topological polar surface area (TPSA) is 67.3 Å². The molecule has 0 saturated heterocycles. The van der Waals surface area contributed by atoms with Crippen molar-refractivity contribution in [3.05, 3.63) is 30.1 Å². The van der Waals surface area contributed by atoms with Crippen molar-refractivity contribution in [3.8, 4) is 0 Å². The van der Waals surface area contributed by atoms with Gasteiger partial charge < -0.3 is 9.90 Å². The van der Waals surface area contributed by atoms with E-state index in [1.165, 1.54) is 32.3 Å². The van der Waals surface area contributed by atoms with Crippen LogP contribution in [0.1, 0.15) is 24.2 Å². The van der Waals surface area contributed by atoms with Crippen LogP contribution in [0.5, 0.6) is 0 Å². The van der Waals surface area contributed by atoms with Gasteiger partial charge >= 0.3 is 5.97 Å². The molecular weight excluding hydrogens is 170 g/mol. The third-order valence-electron chi connectivity index (χ3n) is 0.908. The van der Waals surface area contributed by atoms with Crippen LogP contribution in [0.2, 0.25) is 0 Å². The molecule has 4 heteroatoms. The standard InChI is InChI=1S/C6H5NO2.C3H6O/c8-6(9)5-2-1-3-7-4-5;1-3(2)4/h1-4H,(H,8,9);1-2H3. The summed E-state index contributed by atoms with van der Waals surface area (Å²) in [6.45, 7) is 3.06. The van der Waals surface area contributed by atoms with Gasteiger partial charge in [-0.1, -0.05) is 0 Å². The van der Waals surface area contributed by atoms with Crippen LogP contribution < -0.4 is 0 Å². The Morgan fingerprint density at radius 1 is 1.38 bits per heavy atom. The summed E-state index contributed by atoms with van der Waals surface area (Å²) in [6.07, 6.45) is 2.84. The molecule has 0 saturated carbocycles. The number of rotatable bonds is 1. The molecule has 1 aromatic rings. The molecule has 0 radical (unpaired) electrons. The van der Waals surface area contributed by atoms with Crippen LogP contribution in [-0.2, 0) is 4.79 Å². The van der Waals surface area contributed by atoms with E-state index in [0.717, 1.165) is 0 Å². The first-order chi connectivity index (χ1) is 6.04. The average molecular weight is 181 g/mol. The predicted molar refractivity (Wildman–Crippen MR) is 47.6 cm³/mol. The Bertz CT molecular complexity index is 278. The summed E-state index contributed by atoms with van der Waals surface area (Å²) in [4.78, 5) is 23.2. The number of pyridine rings is 1. The van der Waals surface area contributed by atoms with E-state index in [1.807, 2.05) is 0 Å². The molecular formula is C9H11NO3. The minimum Gasteiger partial charge on any atom is -0.478 e. The minimum absolute atomic E-state index is 0.167. The number of hydrogen-bond acceptors (Lipinski definition) is 3. The maximum atomic E-state index is 10.2. The van der Waals surface area contributed by atoms with Crippen LogP contribution in [0, 0.1) is 0 Å². The van der Waals surface area contributed by atoms with Crippen molar-refractivity contribution in [1.82, 2.24) is 4.98 Å². The summed E-state index contributed by atoms with van der Waals surface area (Å²) in [6, 6.07) is 3.08. The molecule has 0 aliphatic rings. The van der Waals surface area contributed by atoms with Gasteiger partial charge in [-0.15, -0.1) is 0 Å². The van der Waals surface area contributed by atoms with Crippen molar-refractivity contribution < 1.29 is 14.7 Å². The molecule has 0 amide bonds. The van der Waals surface area contributed by atoms with Gasteiger partial charge in [-0.25, -0.2) is 4.79 Å². The number of carboxylic acid groups (broad SMARTS) is 1. The Morgan fingerprint density at radius 3 is 2.15 bits per heavy atom. The van der Waals surface area contributed by atoms with E-state index in [9.17, 15) is 9.59 Å². The summed E-state index contributed by atoms with van der Waals surface area (Å²) >= 11 is 0. The van der Waals surface area contributed by atoms with Crippen LogP contribution in [0.3, 0.4) is 0 Å². The number of Topliss-reactive ketones (excluding diaryl/α,β-unsaturated/α-hetero) is 1. The summed E-state index contributed by atoms with van der Waals surface area (Å²) in [7, 11) is 0. The van der Waals surface area contributed by atoms with Crippen LogP contribution in [0.4, 0.5) is 0 Å². The fourth-order valence-electron chi connectivity index (χ4n) is 0.489. The monoisotopic (exact) mass is 181 g/mol. The smallest absolute Gasteiger partial charge is 0.337 e. The highest BCUT2D eigenvalue weighted by Crippen LogP contribution is 1.92. The normalized spacial score (nSPS) is 8.15. The molecule has 0 aliphatic heterocycles.